The van der Waals surface area contributed by atoms with Crippen molar-refractivity contribution in [2.24, 2.45) is 0 Å². The first-order valence-electron chi connectivity index (χ1n) is 7.98. The fourth-order valence-corrected chi connectivity index (χ4v) is 3.03. The summed E-state index contributed by atoms with van der Waals surface area (Å²) >= 11 is 0. The molecule has 0 aliphatic heterocycles. The fraction of sp³-hybridized carbons (Fsp3) is 0.222. The van der Waals surface area contributed by atoms with Gasteiger partial charge < -0.3 is 15.4 Å². The summed E-state index contributed by atoms with van der Waals surface area (Å²) < 4.78 is 30.1. The number of rotatable bonds is 7. The molecule has 0 aromatic heterocycles. The van der Waals surface area contributed by atoms with Crippen LogP contribution in [0.2, 0.25) is 0 Å². The van der Waals surface area contributed by atoms with Crippen LogP contribution in [0.4, 0.5) is 5.69 Å². The van der Waals surface area contributed by atoms with Crippen molar-refractivity contribution in [1.82, 2.24) is 9.62 Å². The van der Waals surface area contributed by atoms with Gasteiger partial charge in [0.05, 0.1) is 18.6 Å². The lowest BCUT2D eigenvalue weighted by Crippen LogP contribution is -2.32. The summed E-state index contributed by atoms with van der Waals surface area (Å²) in [6, 6.07) is 12.3. The van der Waals surface area contributed by atoms with Crippen LogP contribution in [0, 0.1) is 0 Å². The lowest BCUT2D eigenvalue weighted by atomic mass is 10.2. The summed E-state index contributed by atoms with van der Waals surface area (Å²) in [5.74, 6) is -0.190. The predicted octanol–water partition coefficient (Wildman–Crippen LogP) is 1.31. The maximum atomic E-state index is 12.0. The van der Waals surface area contributed by atoms with Crippen LogP contribution in [-0.2, 0) is 14.8 Å². The van der Waals surface area contributed by atoms with E-state index in [1.165, 1.54) is 45.5 Å². The Balaban J connectivity index is 1.90. The average Bonchev–Trinajstić information content (AvgIpc) is 2.66. The molecule has 2 aromatic carbocycles. The van der Waals surface area contributed by atoms with E-state index in [0.717, 1.165) is 4.31 Å². The molecule has 0 heterocycles. The standard InChI is InChI=1S/C18H21N3O5S/c1-21(2)27(24,25)16-10-6-14(7-11-16)20-17(22)12-19-18(23)13-4-8-15(26-3)9-5-13/h4-11H,12H2,1-3H3,(H,19,23)(H,20,22). The van der Waals surface area contributed by atoms with Crippen LogP contribution >= 0.6 is 0 Å². The highest BCUT2D eigenvalue weighted by Crippen LogP contribution is 2.16. The van der Waals surface area contributed by atoms with E-state index in [2.05, 4.69) is 10.6 Å². The van der Waals surface area contributed by atoms with Crippen LogP contribution in [0.25, 0.3) is 0 Å². The summed E-state index contributed by atoms with van der Waals surface area (Å²) in [7, 11) is 0.887. The van der Waals surface area contributed by atoms with Gasteiger partial charge in [0, 0.05) is 25.3 Å². The van der Waals surface area contributed by atoms with Gasteiger partial charge in [-0.15, -0.1) is 0 Å². The third-order valence-corrected chi connectivity index (χ3v) is 5.51. The molecule has 0 bridgehead atoms. The number of hydrogen-bond donors (Lipinski definition) is 2. The highest BCUT2D eigenvalue weighted by atomic mass is 32.2. The molecule has 0 unspecified atom stereocenters. The van der Waals surface area contributed by atoms with Crippen molar-refractivity contribution in [3.05, 3.63) is 54.1 Å². The molecule has 9 heteroatoms. The minimum absolute atomic E-state index is 0.123. The SMILES string of the molecule is COc1ccc(C(=O)NCC(=O)Nc2ccc(S(=O)(=O)N(C)C)cc2)cc1. The van der Waals surface area contributed by atoms with E-state index in [-0.39, 0.29) is 17.3 Å². The zero-order valence-corrected chi connectivity index (χ0v) is 16.0. The number of ether oxygens (including phenoxy) is 1. The number of anilines is 1. The molecule has 0 aliphatic carbocycles. The highest BCUT2D eigenvalue weighted by molar-refractivity contribution is 7.89. The maximum Gasteiger partial charge on any atom is 0.251 e. The molecule has 2 N–H and O–H groups in total. The van der Waals surface area contributed by atoms with Gasteiger partial charge in [0.2, 0.25) is 15.9 Å². The molecule has 144 valence electrons. The lowest BCUT2D eigenvalue weighted by molar-refractivity contribution is -0.115. The Labute approximate surface area is 158 Å². The number of hydrogen-bond acceptors (Lipinski definition) is 5. The molecule has 0 aliphatic rings. The Hall–Kier alpha value is -2.91. The second kappa shape index (κ2) is 8.65. The van der Waals surface area contributed by atoms with E-state index in [0.29, 0.717) is 17.0 Å². The second-order valence-electron chi connectivity index (χ2n) is 5.77. The van der Waals surface area contributed by atoms with Crippen molar-refractivity contribution >= 4 is 27.5 Å². The Morgan fingerprint density at radius 3 is 2.11 bits per heavy atom. The van der Waals surface area contributed by atoms with Gasteiger partial charge >= 0.3 is 0 Å². The normalized spacial score (nSPS) is 11.1. The van der Waals surface area contributed by atoms with Gasteiger partial charge in [-0.05, 0) is 48.5 Å². The molecule has 27 heavy (non-hydrogen) atoms. The van der Waals surface area contributed by atoms with E-state index in [4.69, 9.17) is 4.74 Å². The zero-order valence-electron chi connectivity index (χ0n) is 15.2. The lowest BCUT2D eigenvalue weighted by Gasteiger charge is -2.12. The largest absolute Gasteiger partial charge is 0.497 e. The van der Waals surface area contributed by atoms with Crippen molar-refractivity contribution in [2.45, 2.75) is 4.90 Å². The summed E-state index contributed by atoms with van der Waals surface area (Å²) in [6.45, 7) is -0.220. The first-order valence-corrected chi connectivity index (χ1v) is 9.42. The number of carbonyl (C=O) groups is 2. The van der Waals surface area contributed by atoms with Crippen LogP contribution in [-0.4, -0.2) is 52.3 Å². The van der Waals surface area contributed by atoms with Crippen molar-refractivity contribution in [3.63, 3.8) is 0 Å². The van der Waals surface area contributed by atoms with Crippen LogP contribution in [0.1, 0.15) is 10.4 Å². The van der Waals surface area contributed by atoms with Crippen LogP contribution in [0.5, 0.6) is 5.75 Å². The van der Waals surface area contributed by atoms with Crippen LogP contribution in [0.15, 0.2) is 53.4 Å². The van der Waals surface area contributed by atoms with Gasteiger partial charge in [0.1, 0.15) is 5.75 Å². The van der Waals surface area contributed by atoms with E-state index in [1.807, 2.05) is 0 Å². The summed E-state index contributed by atoms with van der Waals surface area (Å²) in [4.78, 5) is 24.1. The molecule has 0 atom stereocenters. The fourth-order valence-electron chi connectivity index (χ4n) is 2.13. The summed E-state index contributed by atoms with van der Waals surface area (Å²) in [5, 5.41) is 5.11. The molecule has 0 radical (unpaired) electrons. The molecule has 0 saturated heterocycles. The van der Waals surface area contributed by atoms with Gasteiger partial charge in [0.25, 0.3) is 5.91 Å². The summed E-state index contributed by atoms with van der Waals surface area (Å²) in [5.41, 5.74) is 0.832. The Morgan fingerprint density at radius 1 is 1.00 bits per heavy atom. The molecular formula is C18H21N3O5S. The smallest absolute Gasteiger partial charge is 0.251 e. The van der Waals surface area contributed by atoms with Gasteiger partial charge in [-0.2, -0.15) is 0 Å². The van der Waals surface area contributed by atoms with Crippen LogP contribution in [0.3, 0.4) is 0 Å². The predicted molar refractivity (Wildman–Crippen MR) is 101 cm³/mol. The number of benzene rings is 2. The minimum atomic E-state index is -3.52. The summed E-state index contributed by atoms with van der Waals surface area (Å²) in [6.07, 6.45) is 0. The first kappa shape index (κ1) is 20.4. The molecule has 0 saturated carbocycles. The van der Waals surface area contributed by atoms with Crippen molar-refractivity contribution in [2.75, 3.05) is 33.1 Å². The van der Waals surface area contributed by atoms with Crippen molar-refractivity contribution in [1.29, 1.82) is 0 Å². The van der Waals surface area contributed by atoms with Gasteiger partial charge in [-0.1, -0.05) is 0 Å². The van der Waals surface area contributed by atoms with E-state index in [1.54, 1.807) is 24.3 Å². The van der Waals surface area contributed by atoms with E-state index >= 15 is 0 Å². The second-order valence-corrected chi connectivity index (χ2v) is 7.92. The maximum absolute atomic E-state index is 12.0. The molecule has 8 nitrogen and oxygen atoms in total. The average molecular weight is 391 g/mol. The minimum Gasteiger partial charge on any atom is -0.497 e. The van der Waals surface area contributed by atoms with E-state index in [9.17, 15) is 18.0 Å². The molecule has 0 fully saturated rings. The molecule has 2 aromatic rings. The Kier molecular flexibility index (Phi) is 6.54. The number of nitrogens with one attached hydrogen (secondary N) is 2. The molecule has 2 rings (SSSR count). The third kappa shape index (κ3) is 5.28. The van der Waals surface area contributed by atoms with E-state index < -0.39 is 15.9 Å². The number of methoxy groups -OCH3 is 1. The monoisotopic (exact) mass is 391 g/mol. The van der Waals surface area contributed by atoms with Gasteiger partial charge in [0.15, 0.2) is 0 Å². The number of amides is 2. The quantitative estimate of drug-likeness (QED) is 0.741. The Morgan fingerprint density at radius 2 is 1.59 bits per heavy atom. The van der Waals surface area contributed by atoms with Gasteiger partial charge in [-0.3, -0.25) is 9.59 Å². The number of sulfonamides is 1. The third-order valence-electron chi connectivity index (χ3n) is 3.68. The zero-order chi connectivity index (χ0) is 20.0. The topological polar surface area (TPSA) is 105 Å². The van der Waals surface area contributed by atoms with Crippen molar-refractivity contribution < 1.29 is 22.7 Å². The van der Waals surface area contributed by atoms with Gasteiger partial charge in [-0.25, -0.2) is 12.7 Å². The van der Waals surface area contributed by atoms with Crippen LogP contribution < -0.4 is 15.4 Å². The van der Waals surface area contributed by atoms with Crippen molar-refractivity contribution in [3.8, 4) is 5.75 Å². The number of carbonyl (C=O) groups excluding carboxylic acids is 2. The highest BCUT2D eigenvalue weighted by Gasteiger charge is 2.16. The Bertz CT molecular complexity index is 907. The first-order chi connectivity index (χ1) is 12.7. The molecule has 2 amide bonds. The molecule has 0 spiro atoms. The number of nitrogens with zero attached hydrogens (tertiary/aromatic N) is 1. The molecular weight excluding hydrogens is 370 g/mol.